The fourth-order valence-electron chi connectivity index (χ4n) is 1.97. The Morgan fingerprint density at radius 1 is 1.30 bits per heavy atom. The second-order valence-corrected chi connectivity index (χ2v) is 5.92. The number of anilines is 1. The Morgan fingerprint density at radius 2 is 2.13 bits per heavy atom. The van der Waals surface area contributed by atoms with Gasteiger partial charge < -0.3 is 15.1 Å². The van der Waals surface area contributed by atoms with E-state index in [0.29, 0.717) is 12.2 Å². The number of carbonyl (C=O) groups is 2. The van der Waals surface area contributed by atoms with Crippen LogP contribution in [-0.2, 0) is 4.79 Å². The normalized spacial score (nSPS) is 11.7. The van der Waals surface area contributed by atoms with Gasteiger partial charge in [-0.1, -0.05) is 6.07 Å². The Labute approximate surface area is 139 Å². The van der Waals surface area contributed by atoms with E-state index in [-0.39, 0.29) is 11.7 Å². The molecule has 2 amide bonds. The van der Waals surface area contributed by atoms with Gasteiger partial charge >= 0.3 is 0 Å². The highest BCUT2D eigenvalue weighted by Crippen LogP contribution is 2.09. The van der Waals surface area contributed by atoms with E-state index >= 15 is 0 Å². The zero-order valence-corrected chi connectivity index (χ0v) is 13.9. The number of carbonyl (C=O) groups excluding carboxylic acids is 2. The first kappa shape index (κ1) is 17.1. The quantitative estimate of drug-likeness (QED) is 0.813. The van der Waals surface area contributed by atoms with E-state index in [0.717, 1.165) is 11.4 Å². The van der Waals surface area contributed by atoms with Crippen molar-refractivity contribution in [2.45, 2.75) is 19.4 Å². The number of rotatable bonds is 7. The van der Waals surface area contributed by atoms with Crippen LogP contribution in [0.1, 0.15) is 22.7 Å². The molecule has 2 N–H and O–H groups in total. The van der Waals surface area contributed by atoms with E-state index < -0.39 is 11.9 Å². The predicted octanol–water partition coefficient (Wildman–Crippen LogP) is 2.47. The number of pyridine rings is 1. The van der Waals surface area contributed by atoms with E-state index in [1.54, 1.807) is 30.0 Å². The molecule has 0 aliphatic heterocycles. The van der Waals surface area contributed by atoms with Crippen molar-refractivity contribution in [2.24, 2.45) is 0 Å². The second kappa shape index (κ2) is 8.38. The number of hydrogen-bond acceptors (Lipinski definition) is 5. The van der Waals surface area contributed by atoms with Crippen LogP contribution in [-0.4, -0.2) is 34.8 Å². The molecule has 7 heteroatoms. The fourth-order valence-corrected chi connectivity index (χ4v) is 2.44. The molecule has 0 aliphatic rings. The standard InChI is InChI=1S/C16H19N3O3S/c1-11-5-3-7-14(17-11)19-15(20)12(8-10-23-2)18-16(21)13-6-4-9-22-13/h3-7,9,12H,8,10H2,1-2H3,(H,18,21)(H,17,19,20). The first-order valence-electron chi connectivity index (χ1n) is 7.18. The van der Waals surface area contributed by atoms with Gasteiger partial charge in [0.15, 0.2) is 5.76 Å². The SMILES string of the molecule is CSCCC(NC(=O)c1ccco1)C(=O)Nc1cccc(C)n1. The van der Waals surface area contributed by atoms with Gasteiger partial charge in [-0.05, 0) is 49.6 Å². The van der Waals surface area contributed by atoms with E-state index in [1.165, 1.54) is 6.26 Å². The molecular weight excluding hydrogens is 314 g/mol. The van der Waals surface area contributed by atoms with Crippen LogP contribution in [0.25, 0.3) is 0 Å². The molecule has 122 valence electrons. The summed E-state index contributed by atoms with van der Waals surface area (Å²) in [4.78, 5) is 28.7. The third kappa shape index (κ3) is 5.14. The van der Waals surface area contributed by atoms with Crippen LogP contribution >= 0.6 is 11.8 Å². The average Bonchev–Trinajstić information content (AvgIpc) is 3.05. The average molecular weight is 333 g/mol. The minimum atomic E-state index is -0.651. The Hall–Kier alpha value is -2.28. The van der Waals surface area contributed by atoms with Gasteiger partial charge in [-0.3, -0.25) is 9.59 Å². The number of hydrogen-bond donors (Lipinski definition) is 2. The van der Waals surface area contributed by atoms with Crippen molar-refractivity contribution in [1.29, 1.82) is 0 Å². The van der Waals surface area contributed by atoms with E-state index in [9.17, 15) is 9.59 Å². The van der Waals surface area contributed by atoms with Crippen molar-refractivity contribution in [3.8, 4) is 0 Å². The van der Waals surface area contributed by atoms with Crippen LogP contribution in [0.3, 0.4) is 0 Å². The molecule has 1 atom stereocenters. The maximum absolute atomic E-state index is 12.4. The summed E-state index contributed by atoms with van der Waals surface area (Å²) in [6, 6.07) is 7.91. The number of furan rings is 1. The molecule has 0 bridgehead atoms. The van der Waals surface area contributed by atoms with Gasteiger partial charge in [-0.2, -0.15) is 11.8 Å². The largest absolute Gasteiger partial charge is 0.459 e. The summed E-state index contributed by atoms with van der Waals surface area (Å²) in [5, 5.41) is 5.44. The summed E-state index contributed by atoms with van der Waals surface area (Å²) < 4.78 is 5.05. The number of aromatic nitrogens is 1. The first-order chi connectivity index (χ1) is 11.1. The zero-order valence-electron chi connectivity index (χ0n) is 13.0. The highest BCUT2D eigenvalue weighted by molar-refractivity contribution is 7.98. The Balaban J connectivity index is 2.04. The molecule has 0 spiro atoms. The van der Waals surface area contributed by atoms with Gasteiger partial charge in [0.2, 0.25) is 5.91 Å². The minimum Gasteiger partial charge on any atom is -0.459 e. The second-order valence-electron chi connectivity index (χ2n) is 4.94. The lowest BCUT2D eigenvalue weighted by atomic mass is 10.2. The molecule has 0 fully saturated rings. The predicted molar refractivity (Wildman–Crippen MR) is 90.6 cm³/mol. The van der Waals surface area contributed by atoms with Crippen LogP contribution < -0.4 is 10.6 Å². The van der Waals surface area contributed by atoms with Crippen molar-refractivity contribution in [1.82, 2.24) is 10.3 Å². The number of amides is 2. The van der Waals surface area contributed by atoms with Crippen LogP contribution in [0.5, 0.6) is 0 Å². The molecule has 1 unspecified atom stereocenters. The highest BCUT2D eigenvalue weighted by atomic mass is 32.2. The maximum atomic E-state index is 12.4. The van der Waals surface area contributed by atoms with E-state index in [4.69, 9.17) is 4.42 Å². The highest BCUT2D eigenvalue weighted by Gasteiger charge is 2.22. The summed E-state index contributed by atoms with van der Waals surface area (Å²) in [7, 11) is 0. The summed E-state index contributed by atoms with van der Waals surface area (Å²) in [5.41, 5.74) is 0.808. The van der Waals surface area contributed by atoms with Crippen molar-refractivity contribution in [2.75, 3.05) is 17.3 Å². The van der Waals surface area contributed by atoms with Crippen LogP contribution in [0.15, 0.2) is 41.0 Å². The van der Waals surface area contributed by atoms with Crippen LogP contribution in [0.2, 0.25) is 0 Å². The lowest BCUT2D eigenvalue weighted by Gasteiger charge is -2.17. The summed E-state index contributed by atoms with van der Waals surface area (Å²) in [5.74, 6) is 0.695. The maximum Gasteiger partial charge on any atom is 0.287 e. The third-order valence-corrected chi connectivity index (χ3v) is 3.76. The molecule has 6 nitrogen and oxygen atoms in total. The minimum absolute atomic E-state index is 0.181. The van der Waals surface area contributed by atoms with Crippen molar-refractivity contribution in [3.63, 3.8) is 0 Å². The molecule has 0 aromatic carbocycles. The smallest absolute Gasteiger partial charge is 0.287 e. The van der Waals surface area contributed by atoms with Gasteiger partial charge in [-0.25, -0.2) is 4.98 Å². The first-order valence-corrected chi connectivity index (χ1v) is 8.57. The summed E-state index contributed by atoms with van der Waals surface area (Å²) in [6.45, 7) is 1.85. The molecule has 2 heterocycles. The number of nitrogens with one attached hydrogen (secondary N) is 2. The van der Waals surface area contributed by atoms with Gasteiger partial charge in [0.25, 0.3) is 5.91 Å². The molecule has 0 saturated carbocycles. The van der Waals surface area contributed by atoms with Crippen LogP contribution in [0, 0.1) is 6.92 Å². The topological polar surface area (TPSA) is 84.2 Å². The molecule has 2 aromatic rings. The molecule has 23 heavy (non-hydrogen) atoms. The number of nitrogens with zero attached hydrogens (tertiary/aromatic N) is 1. The Kier molecular flexibility index (Phi) is 6.22. The fraction of sp³-hybridized carbons (Fsp3) is 0.312. The lowest BCUT2D eigenvalue weighted by molar-refractivity contribution is -0.118. The van der Waals surface area contributed by atoms with Crippen molar-refractivity contribution < 1.29 is 14.0 Å². The van der Waals surface area contributed by atoms with Crippen LogP contribution in [0.4, 0.5) is 5.82 Å². The van der Waals surface area contributed by atoms with Gasteiger partial charge in [0.05, 0.1) is 6.26 Å². The monoisotopic (exact) mass is 333 g/mol. The Morgan fingerprint density at radius 3 is 2.78 bits per heavy atom. The van der Waals surface area contributed by atoms with Gasteiger partial charge in [0.1, 0.15) is 11.9 Å². The lowest BCUT2D eigenvalue weighted by Crippen LogP contribution is -2.44. The van der Waals surface area contributed by atoms with Gasteiger partial charge in [-0.15, -0.1) is 0 Å². The summed E-state index contributed by atoms with van der Waals surface area (Å²) >= 11 is 1.61. The molecular formula is C16H19N3O3S. The van der Waals surface area contributed by atoms with E-state index in [1.807, 2.05) is 25.3 Å². The zero-order chi connectivity index (χ0) is 16.7. The third-order valence-electron chi connectivity index (χ3n) is 3.12. The summed E-state index contributed by atoms with van der Waals surface area (Å²) in [6.07, 6.45) is 3.89. The van der Waals surface area contributed by atoms with Crippen molar-refractivity contribution >= 4 is 29.4 Å². The molecule has 0 aliphatic carbocycles. The van der Waals surface area contributed by atoms with Crippen molar-refractivity contribution in [3.05, 3.63) is 48.0 Å². The molecule has 2 rings (SSSR count). The molecule has 0 radical (unpaired) electrons. The number of aryl methyl sites for hydroxylation is 1. The number of thioether (sulfide) groups is 1. The molecule has 0 saturated heterocycles. The van der Waals surface area contributed by atoms with Gasteiger partial charge in [0, 0.05) is 5.69 Å². The Bertz CT molecular complexity index is 658. The molecule has 2 aromatic heterocycles. The van der Waals surface area contributed by atoms with E-state index in [2.05, 4.69) is 15.6 Å².